The highest BCUT2D eigenvalue weighted by atomic mass is 16.4. The predicted octanol–water partition coefficient (Wildman–Crippen LogP) is 15.0. The molecule has 4 nitrogen and oxygen atoms in total. The first-order valence-electron chi connectivity index (χ1n) is 21.1. The third-order valence-corrected chi connectivity index (χ3v) is 10.7. The highest BCUT2D eigenvalue weighted by Gasteiger charge is 2.30. The number of carboxylic acid groups (broad SMARTS) is 2. The number of aromatic carboxylic acids is 2. The first-order valence-corrected chi connectivity index (χ1v) is 21.1. The Morgan fingerprint density at radius 3 is 1.06 bits per heavy atom. The molecule has 0 spiro atoms. The average molecular weight is 671 g/mol. The van der Waals surface area contributed by atoms with Gasteiger partial charge < -0.3 is 10.2 Å². The van der Waals surface area contributed by atoms with E-state index in [1.54, 1.807) is 6.07 Å². The summed E-state index contributed by atoms with van der Waals surface area (Å²) in [6, 6.07) is 3.67. The van der Waals surface area contributed by atoms with Crippen LogP contribution in [0.5, 0.6) is 0 Å². The van der Waals surface area contributed by atoms with E-state index in [2.05, 4.69) is 27.7 Å². The van der Waals surface area contributed by atoms with E-state index in [1.807, 2.05) is 6.07 Å². The van der Waals surface area contributed by atoms with Crippen LogP contribution in [0.15, 0.2) is 12.1 Å². The fraction of sp³-hybridized carbons (Fsp3) is 0.818. The SMILES string of the molecule is CCCCCCCCCCC(CCCCCCC)c1ccc(C(=O)O)c(C(=O)O)c1C(CCCCCCC)CCCCCCCCCC. The molecule has 48 heavy (non-hydrogen) atoms. The van der Waals surface area contributed by atoms with Gasteiger partial charge in [-0.1, -0.05) is 201 Å². The maximum Gasteiger partial charge on any atom is 0.336 e. The Morgan fingerprint density at radius 2 is 0.750 bits per heavy atom. The summed E-state index contributed by atoms with van der Waals surface area (Å²) in [6.45, 7) is 9.02. The van der Waals surface area contributed by atoms with Gasteiger partial charge in [-0.05, 0) is 54.7 Å². The van der Waals surface area contributed by atoms with Gasteiger partial charge in [0.05, 0.1) is 11.1 Å². The van der Waals surface area contributed by atoms with Crippen LogP contribution in [0.2, 0.25) is 0 Å². The largest absolute Gasteiger partial charge is 0.478 e. The lowest BCUT2D eigenvalue weighted by Gasteiger charge is -2.28. The van der Waals surface area contributed by atoms with Crippen LogP contribution >= 0.6 is 0 Å². The topological polar surface area (TPSA) is 74.6 Å². The first-order chi connectivity index (χ1) is 23.4. The van der Waals surface area contributed by atoms with Gasteiger partial charge in [-0.3, -0.25) is 0 Å². The Labute approximate surface area is 297 Å². The molecule has 0 fully saturated rings. The minimum absolute atomic E-state index is 0.0260. The van der Waals surface area contributed by atoms with E-state index in [9.17, 15) is 19.8 Å². The van der Waals surface area contributed by atoms with Crippen molar-refractivity contribution < 1.29 is 19.8 Å². The van der Waals surface area contributed by atoms with Crippen molar-refractivity contribution in [2.45, 2.75) is 232 Å². The zero-order valence-corrected chi connectivity index (χ0v) is 32.2. The number of hydrogen-bond donors (Lipinski definition) is 2. The van der Waals surface area contributed by atoms with Crippen molar-refractivity contribution in [1.29, 1.82) is 0 Å². The molecule has 0 saturated carbocycles. The standard InChI is InChI=1S/C44H78O4/c1-5-9-13-17-19-21-25-28-32-37(31-27-23-15-11-7-3)39-35-36-40(43(45)46)42(44(47)48)41(39)38(33-29-24-16-12-8-4)34-30-26-22-20-18-14-10-6-2/h35-38H,5-34H2,1-4H3,(H,45,46)(H,47,48). The van der Waals surface area contributed by atoms with Crippen molar-refractivity contribution in [3.05, 3.63) is 34.4 Å². The second-order valence-electron chi connectivity index (χ2n) is 14.9. The summed E-state index contributed by atoms with van der Waals surface area (Å²) in [6.07, 6.45) is 36.3. The molecular formula is C44H78O4. The first kappa shape index (κ1) is 44.2. The Kier molecular flexibility index (Phi) is 27.6. The van der Waals surface area contributed by atoms with Gasteiger partial charge in [0.15, 0.2) is 0 Å². The highest BCUT2D eigenvalue weighted by Crippen LogP contribution is 2.41. The van der Waals surface area contributed by atoms with Gasteiger partial charge in [0.1, 0.15) is 0 Å². The lowest BCUT2D eigenvalue weighted by Crippen LogP contribution is -2.18. The van der Waals surface area contributed by atoms with Crippen molar-refractivity contribution >= 4 is 11.9 Å². The van der Waals surface area contributed by atoms with Crippen molar-refractivity contribution in [3.8, 4) is 0 Å². The molecule has 0 amide bonds. The van der Waals surface area contributed by atoms with Crippen LogP contribution in [0.3, 0.4) is 0 Å². The van der Waals surface area contributed by atoms with Gasteiger partial charge in [0.2, 0.25) is 0 Å². The summed E-state index contributed by atoms with van der Waals surface area (Å²) >= 11 is 0. The van der Waals surface area contributed by atoms with E-state index in [4.69, 9.17) is 0 Å². The van der Waals surface area contributed by atoms with Crippen molar-refractivity contribution in [2.24, 2.45) is 0 Å². The number of carboxylic acids is 2. The van der Waals surface area contributed by atoms with Gasteiger partial charge in [-0.25, -0.2) is 9.59 Å². The molecule has 2 unspecified atom stereocenters. The van der Waals surface area contributed by atoms with Crippen LogP contribution in [-0.4, -0.2) is 22.2 Å². The molecule has 0 aromatic heterocycles. The zero-order chi connectivity index (χ0) is 35.2. The minimum atomic E-state index is -1.12. The Balaban J connectivity index is 3.37. The molecule has 278 valence electrons. The smallest absolute Gasteiger partial charge is 0.336 e. The molecule has 0 aliphatic heterocycles. The molecule has 0 heterocycles. The Hall–Kier alpha value is -1.84. The summed E-state index contributed by atoms with van der Waals surface area (Å²) < 4.78 is 0. The number of carbonyl (C=O) groups is 2. The molecule has 0 saturated heterocycles. The van der Waals surface area contributed by atoms with Crippen LogP contribution in [-0.2, 0) is 0 Å². The van der Waals surface area contributed by atoms with Crippen molar-refractivity contribution in [2.75, 3.05) is 0 Å². The van der Waals surface area contributed by atoms with Gasteiger partial charge in [0, 0.05) is 0 Å². The summed E-state index contributed by atoms with van der Waals surface area (Å²) in [5, 5.41) is 20.8. The lowest BCUT2D eigenvalue weighted by molar-refractivity contribution is 0.0649. The summed E-state index contributed by atoms with van der Waals surface area (Å²) in [4.78, 5) is 25.5. The van der Waals surface area contributed by atoms with Crippen LogP contribution in [0.4, 0.5) is 0 Å². The molecule has 4 heteroatoms. The predicted molar refractivity (Wildman–Crippen MR) is 207 cm³/mol. The number of unbranched alkanes of at least 4 members (excludes halogenated alkanes) is 22. The van der Waals surface area contributed by atoms with Gasteiger partial charge >= 0.3 is 11.9 Å². The maximum atomic E-state index is 13.0. The van der Waals surface area contributed by atoms with Crippen molar-refractivity contribution in [1.82, 2.24) is 0 Å². The quantitative estimate of drug-likeness (QED) is 0.0716. The number of hydrogen-bond acceptors (Lipinski definition) is 2. The molecule has 0 aliphatic rings. The summed E-state index contributed by atoms with van der Waals surface area (Å²) in [7, 11) is 0. The molecule has 0 radical (unpaired) electrons. The lowest BCUT2D eigenvalue weighted by atomic mass is 9.76. The molecule has 1 aromatic carbocycles. The van der Waals surface area contributed by atoms with E-state index in [0.29, 0.717) is 5.92 Å². The van der Waals surface area contributed by atoms with E-state index >= 15 is 0 Å². The second-order valence-corrected chi connectivity index (χ2v) is 14.9. The van der Waals surface area contributed by atoms with E-state index < -0.39 is 11.9 Å². The molecule has 0 aliphatic carbocycles. The molecule has 2 atom stereocenters. The normalized spacial score (nSPS) is 12.8. The molecule has 2 N–H and O–H groups in total. The fourth-order valence-corrected chi connectivity index (χ4v) is 7.77. The van der Waals surface area contributed by atoms with Gasteiger partial charge in [-0.15, -0.1) is 0 Å². The Morgan fingerprint density at radius 1 is 0.438 bits per heavy atom. The fourth-order valence-electron chi connectivity index (χ4n) is 7.77. The van der Waals surface area contributed by atoms with E-state index in [1.165, 1.54) is 135 Å². The maximum absolute atomic E-state index is 13.0. The van der Waals surface area contributed by atoms with Crippen LogP contribution < -0.4 is 0 Å². The number of benzene rings is 1. The molecule has 1 rings (SSSR count). The van der Waals surface area contributed by atoms with E-state index in [0.717, 1.165) is 68.9 Å². The average Bonchev–Trinajstić information content (AvgIpc) is 3.07. The Bertz CT molecular complexity index is 938. The van der Waals surface area contributed by atoms with Gasteiger partial charge in [-0.2, -0.15) is 0 Å². The van der Waals surface area contributed by atoms with Crippen LogP contribution in [0.25, 0.3) is 0 Å². The summed E-state index contributed by atoms with van der Waals surface area (Å²) in [5.74, 6) is -1.78. The molecule has 0 bridgehead atoms. The highest BCUT2D eigenvalue weighted by molar-refractivity contribution is 6.03. The van der Waals surface area contributed by atoms with E-state index in [-0.39, 0.29) is 17.0 Å². The van der Waals surface area contributed by atoms with Crippen LogP contribution in [0, 0.1) is 0 Å². The minimum Gasteiger partial charge on any atom is -0.478 e. The second kappa shape index (κ2) is 30.0. The molecule has 1 aromatic rings. The monoisotopic (exact) mass is 671 g/mol. The number of rotatable bonds is 34. The molecular weight excluding hydrogens is 592 g/mol. The summed E-state index contributed by atoms with van der Waals surface area (Å²) in [5.41, 5.74) is 2.11. The third-order valence-electron chi connectivity index (χ3n) is 10.7. The van der Waals surface area contributed by atoms with Crippen molar-refractivity contribution in [3.63, 3.8) is 0 Å². The van der Waals surface area contributed by atoms with Gasteiger partial charge in [0.25, 0.3) is 0 Å². The zero-order valence-electron chi connectivity index (χ0n) is 32.2. The third kappa shape index (κ3) is 19.4. The van der Waals surface area contributed by atoms with Crippen LogP contribution in [0.1, 0.15) is 264 Å².